The van der Waals surface area contributed by atoms with Crippen LogP contribution < -0.4 is 26.0 Å². The van der Waals surface area contributed by atoms with E-state index in [1.807, 2.05) is 66.8 Å². The third-order valence-corrected chi connectivity index (χ3v) is 10.3. The molecule has 0 amide bonds. The molecule has 0 unspecified atom stereocenters. The van der Waals surface area contributed by atoms with Gasteiger partial charge in [-0.1, -0.05) is 97.9 Å². The van der Waals surface area contributed by atoms with Crippen molar-refractivity contribution in [2.24, 2.45) is 0 Å². The number of esters is 1. The minimum Gasteiger partial charge on any atom is -0.491 e. The van der Waals surface area contributed by atoms with Gasteiger partial charge in [-0.2, -0.15) is 13.2 Å². The molecular formula is C35H34F4NO5P. The van der Waals surface area contributed by atoms with E-state index in [-0.39, 0.29) is 30.1 Å². The Morgan fingerprint density at radius 3 is 1.74 bits per heavy atom. The fraction of sp³-hybridized carbons (Fsp3) is 0.171. The van der Waals surface area contributed by atoms with Gasteiger partial charge in [-0.05, 0) is 48.3 Å². The summed E-state index contributed by atoms with van der Waals surface area (Å²) < 4.78 is 61.8. The van der Waals surface area contributed by atoms with Gasteiger partial charge in [-0.25, -0.2) is 14.0 Å². The highest BCUT2D eigenvalue weighted by atomic mass is 31.2. The lowest BCUT2D eigenvalue weighted by molar-refractivity contribution is -0.134. The lowest BCUT2D eigenvalue weighted by atomic mass is 10.2. The van der Waals surface area contributed by atoms with E-state index in [0.29, 0.717) is 13.0 Å². The minimum absolute atomic E-state index is 0.00112. The molecular weight excluding hydrogens is 621 g/mol. The van der Waals surface area contributed by atoms with Crippen LogP contribution in [0, 0.1) is 5.82 Å². The molecule has 0 fully saturated rings. The van der Waals surface area contributed by atoms with Gasteiger partial charge in [0, 0.05) is 11.9 Å². The fourth-order valence-corrected chi connectivity index (χ4v) is 8.05. The molecule has 4 rings (SSSR count). The Bertz CT molecular complexity index is 1560. The lowest BCUT2D eigenvalue weighted by Gasteiger charge is -2.28. The first-order valence-electron chi connectivity index (χ1n) is 14.3. The van der Waals surface area contributed by atoms with Crippen molar-refractivity contribution < 1.29 is 41.7 Å². The van der Waals surface area contributed by atoms with Gasteiger partial charge in [0.15, 0.2) is 0 Å². The van der Waals surface area contributed by atoms with Gasteiger partial charge in [-0.15, -0.1) is 0 Å². The number of allylic oxidation sites excluding steroid dienone is 1. The molecule has 0 aromatic heterocycles. The Kier molecular flexibility index (Phi) is 13.2. The molecule has 0 radical (unpaired) electrons. The topological polar surface area (TPSA) is 84.9 Å². The van der Waals surface area contributed by atoms with Crippen molar-refractivity contribution >= 4 is 46.2 Å². The van der Waals surface area contributed by atoms with Crippen LogP contribution in [0.1, 0.15) is 20.3 Å². The molecule has 4 aromatic rings. The van der Waals surface area contributed by atoms with Crippen molar-refractivity contribution in [1.82, 2.24) is 0 Å². The number of carbonyl (C=O) groups is 2. The predicted molar refractivity (Wildman–Crippen MR) is 175 cm³/mol. The third-order valence-electron chi connectivity index (χ3n) is 6.32. The summed E-state index contributed by atoms with van der Waals surface area (Å²) in [6, 6.07) is 33.7. The van der Waals surface area contributed by atoms with Crippen LogP contribution in [0.3, 0.4) is 0 Å². The standard InChI is InChI=1S/C22H21O2P.C13H13F4NO3/c1-2-24-22(23)18-25(19-12-6-3-7-13-19,20-14-8-4-9-15-20)21-16-10-5-11-17-21;1-2-5-21-10-4-3-8(14)6-9(10)18-11(7-12(19)20)13(15,16)17/h3-18H,2H2,1H3;3-4,6-7,18H,2,5H2,1H3,(H,19,20). The van der Waals surface area contributed by atoms with E-state index in [1.165, 1.54) is 6.07 Å². The summed E-state index contributed by atoms with van der Waals surface area (Å²) in [6.45, 7) is 1.98. The summed E-state index contributed by atoms with van der Waals surface area (Å²) in [5.41, 5.74) is -1.82. The molecule has 4 aromatic carbocycles. The normalized spacial score (nSPS) is 11.5. The van der Waals surface area contributed by atoms with Crippen LogP contribution in [0.15, 0.2) is 121 Å². The molecule has 0 saturated heterocycles. The first kappa shape index (κ1) is 35.7. The molecule has 0 aliphatic heterocycles. The zero-order valence-corrected chi connectivity index (χ0v) is 26.1. The Hall–Kier alpha value is -4.82. The van der Waals surface area contributed by atoms with Crippen LogP contribution in [0.25, 0.3) is 0 Å². The summed E-state index contributed by atoms with van der Waals surface area (Å²) in [7, 11) is 0. The maximum atomic E-state index is 13.2. The molecule has 0 aliphatic rings. The second-order valence-electron chi connectivity index (χ2n) is 9.62. The van der Waals surface area contributed by atoms with Crippen molar-refractivity contribution in [3.63, 3.8) is 0 Å². The Labute approximate surface area is 265 Å². The van der Waals surface area contributed by atoms with E-state index in [1.54, 1.807) is 12.7 Å². The molecule has 0 spiro atoms. The smallest absolute Gasteiger partial charge is 0.431 e. The van der Waals surface area contributed by atoms with Crippen LogP contribution in [0.2, 0.25) is 0 Å². The van der Waals surface area contributed by atoms with Crippen molar-refractivity contribution in [3.8, 4) is 5.75 Å². The number of ether oxygens (including phenoxy) is 2. The van der Waals surface area contributed by atoms with Crippen LogP contribution in [-0.2, 0) is 14.3 Å². The van der Waals surface area contributed by atoms with Crippen molar-refractivity contribution in [1.29, 1.82) is 0 Å². The van der Waals surface area contributed by atoms with Crippen LogP contribution in [0.4, 0.5) is 23.2 Å². The number of anilines is 1. The van der Waals surface area contributed by atoms with Gasteiger partial charge in [0.05, 0.1) is 25.0 Å². The number of benzene rings is 4. The first-order chi connectivity index (χ1) is 22.0. The number of carboxylic acids is 1. The second-order valence-corrected chi connectivity index (χ2v) is 12.9. The number of rotatable bonds is 11. The zero-order valence-electron chi connectivity index (χ0n) is 25.2. The van der Waals surface area contributed by atoms with Crippen LogP contribution >= 0.6 is 6.89 Å². The monoisotopic (exact) mass is 655 g/mol. The fourth-order valence-electron chi connectivity index (χ4n) is 4.39. The highest BCUT2D eigenvalue weighted by Crippen LogP contribution is 2.43. The van der Waals surface area contributed by atoms with E-state index in [0.717, 1.165) is 28.0 Å². The number of halogens is 4. The molecule has 0 atom stereocenters. The number of aliphatic carboxylic acids is 1. The summed E-state index contributed by atoms with van der Waals surface area (Å²) >= 11 is 0. The summed E-state index contributed by atoms with van der Waals surface area (Å²) in [5.74, 6) is -1.03. The number of carboxylic acid groups (broad SMARTS) is 1. The molecule has 242 valence electrons. The number of carbonyl (C=O) groups excluding carboxylic acids is 1. The number of alkyl halides is 3. The zero-order chi connectivity index (χ0) is 33.6. The summed E-state index contributed by atoms with van der Waals surface area (Å²) in [4.78, 5) is 23.0. The predicted octanol–water partition coefficient (Wildman–Crippen LogP) is 6.90. The van der Waals surface area contributed by atoms with Crippen molar-refractivity contribution in [2.45, 2.75) is 26.4 Å². The Morgan fingerprint density at radius 1 is 0.826 bits per heavy atom. The number of hydrogen-bond acceptors (Lipinski definition) is 5. The molecule has 0 bridgehead atoms. The van der Waals surface area contributed by atoms with Gasteiger partial charge < -0.3 is 19.9 Å². The number of hydrogen-bond donors (Lipinski definition) is 2. The summed E-state index contributed by atoms with van der Waals surface area (Å²) in [5, 5.41) is 13.7. The Balaban J connectivity index is 0.000000255. The second kappa shape index (κ2) is 17.0. The quantitative estimate of drug-likeness (QED) is 0.0792. The van der Waals surface area contributed by atoms with E-state index in [4.69, 9.17) is 14.6 Å². The van der Waals surface area contributed by atoms with Crippen LogP contribution in [-0.4, -0.2) is 42.2 Å². The molecule has 46 heavy (non-hydrogen) atoms. The molecule has 0 aliphatic carbocycles. The molecule has 0 saturated carbocycles. The van der Waals surface area contributed by atoms with E-state index < -0.39 is 30.5 Å². The van der Waals surface area contributed by atoms with E-state index in [9.17, 15) is 27.2 Å². The minimum atomic E-state index is -4.92. The SMILES string of the molecule is CCCOc1ccc(F)cc1NC(=CC(=O)O)C(F)(F)F.CCOC(=O)C=P(c1ccccc1)(c1ccccc1)c1ccccc1. The molecule has 11 heteroatoms. The van der Waals surface area contributed by atoms with Gasteiger partial charge in [0.2, 0.25) is 0 Å². The third kappa shape index (κ3) is 9.84. The highest BCUT2D eigenvalue weighted by Gasteiger charge is 2.35. The maximum absolute atomic E-state index is 13.2. The number of nitrogens with one attached hydrogen (secondary N) is 1. The van der Waals surface area contributed by atoms with Crippen molar-refractivity contribution in [3.05, 3.63) is 127 Å². The molecule has 6 nitrogen and oxygen atoms in total. The van der Waals surface area contributed by atoms with E-state index in [2.05, 4.69) is 36.4 Å². The lowest BCUT2D eigenvalue weighted by Crippen LogP contribution is -2.29. The Morgan fingerprint density at radius 2 is 1.33 bits per heavy atom. The van der Waals surface area contributed by atoms with E-state index >= 15 is 0 Å². The van der Waals surface area contributed by atoms with Gasteiger partial charge in [-0.3, -0.25) is 0 Å². The van der Waals surface area contributed by atoms with Gasteiger partial charge in [0.1, 0.15) is 17.3 Å². The highest BCUT2D eigenvalue weighted by molar-refractivity contribution is 7.95. The molecule has 0 heterocycles. The van der Waals surface area contributed by atoms with Crippen molar-refractivity contribution in [2.75, 3.05) is 18.5 Å². The average molecular weight is 656 g/mol. The molecule has 2 N–H and O–H groups in total. The van der Waals surface area contributed by atoms with Crippen LogP contribution in [0.5, 0.6) is 5.75 Å². The first-order valence-corrected chi connectivity index (χ1v) is 16.2. The van der Waals surface area contributed by atoms with Gasteiger partial charge >= 0.3 is 18.1 Å². The maximum Gasteiger partial charge on any atom is 0.431 e. The summed E-state index contributed by atoms with van der Waals surface area (Å²) in [6.07, 6.45) is -4.35. The van der Waals surface area contributed by atoms with Gasteiger partial charge in [0.25, 0.3) is 0 Å². The average Bonchev–Trinajstić information content (AvgIpc) is 3.04. The largest absolute Gasteiger partial charge is 0.491 e.